The lowest BCUT2D eigenvalue weighted by atomic mass is 10.2. The molecule has 0 saturated carbocycles. The quantitative estimate of drug-likeness (QED) is 0.746. The van der Waals surface area contributed by atoms with E-state index in [9.17, 15) is 9.59 Å². The summed E-state index contributed by atoms with van der Waals surface area (Å²) in [6.45, 7) is 1.76. The van der Waals surface area contributed by atoms with Gasteiger partial charge >= 0.3 is 0 Å². The van der Waals surface area contributed by atoms with Crippen LogP contribution in [0.5, 0.6) is 0 Å². The fourth-order valence-electron chi connectivity index (χ4n) is 1.57. The van der Waals surface area contributed by atoms with Crippen molar-refractivity contribution in [3.05, 3.63) is 28.2 Å². The van der Waals surface area contributed by atoms with Crippen LogP contribution in [0.3, 0.4) is 0 Å². The van der Waals surface area contributed by atoms with Crippen LogP contribution in [-0.2, 0) is 9.59 Å². The maximum atomic E-state index is 12.0. The summed E-state index contributed by atoms with van der Waals surface area (Å²) in [6.07, 6.45) is 0. The SMILES string of the molecule is C[C@H]1SCC(=O)N(c2c(Cl)cccc2Cl)C1=O. The van der Waals surface area contributed by atoms with E-state index in [1.54, 1.807) is 25.1 Å². The highest BCUT2D eigenvalue weighted by Gasteiger charge is 2.35. The number of rotatable bonds is 1. The van der Waals surface area contributed by atoms with E-state index in [1.807, 2.05) is 0 Å². The number of halogens is 2. The average Bonchev–Trinajstić information content (AvgIpc) is 2.28. The number of thioether (sulfide) groups is 1. The van der Waals surface area contributed by atoms with Crippen molar-refractivity contribution < 1.29 is 9.59 Å². The molecule has 1 atom stereocenters. The number of para-hydroxylation sites is 1. The van der Waals surface area contributed by atoms with E-state index in [-0.39, 0.29) is 28.5 Å². The second-order valence-corrected chi connectivity index (χ2v) is 5.73. The highest BCUT2D eigenvalue weighted by atomic mass is 35.5. The van der Waals surface area contributed by atoms with Gasteiger partial charge in [0.05, 0.1) is 26.7 Å². The molecule has 0 radical (unpaired) electrons. The van der Waals surface area contributed by atoms with Crippen LogP contribution in [0.25, 0.3) is 0 Å². The number of anilines is 1. The van der Waals surface area contributed by atoms with Crippen LogP contribution in [0.1, 0.15) is 6.92 Å². The molecule has 1 aromatic carbocycles. The van der Waals surface area contributed by atoms with Crippen molar-refractivity contribution in [3.63, 3.8) is 0 Å². The zero-order valence-corrected chi connectivity index (χ0v) is 11.3. The Morgan fingerprint density at radius 3 is 2.47 bits per heavy atom. The lowest BCUT2D eigenvalue weighted by molar-refractivity contribution is -0.125. The third-order valence-corrected chi connectivity index (χ3v) is 4.16. The average molecular weight is 290 g/mol. The minimum atomic E-state index is -0.284. The standard InChI is InChI=1S/C11H9Cl2NO2S/c1-6-11(16)14(9(15)5-17-6)10-7(12)3-2-4-8(10)13/h2-4,6H,5H2,1H3/t6-/m1/s1. The molecule has 3 nitrogen and oxygen atoms in total. The van der Waals surface area contributed by atoms with E-state index in [4.69, 9.17) is 23.2 Å². The lowest BCUT2D eigenvalue weighted by Gasteiger charge is -2.29. The predicted molar refractivity (Wildman–Crippen MR) is 70.9 cm³/mol. The van der Waals surface area contributed by atoms with Gasteiger partial charge in [0.25, 0.3) is 0 Å². The summed E-state index contributed by atoms with van der Waals surface area (Å²) in [5, 5.41) is 0.344. The van der Waals surface area contributed by atoms with Crippen LogP contribution < -0.4 is 4.90 Å². The molecule has 0 bridgehead atoms. The van der Waals surface area contributed by atoms with Crippen molar-refractivity contribution in [2.24, 2.45) is 0 Å². The second kappa shape index (κ2) is 4.88. The number of carbonyl (C=O) groups is 2. The summed E-state index contributed by atoms with van der Waals surface area (Å²) in [7, 11) is 0. The molecule has 1 fully saturated rings. The van der Waals surface area contributed by atoms with E-state index in [0.717, 1.165) is 4.90 Å². The summed E-state index contributed by atoms with van der Waals surface area (Å²) in [5.41, 5.74) is 0.290. The van der Waals surface area contributed by atoms with Crippen molar-refractivity contribution in [2.45, 2.75) is 12.2 Å². The first-order valence-corrected chi connectivity index (χ1v) is 6.75. The van der Waals surface area contributed by atoms with Gasteiger partial charge < -0.3 is 0 Å². The highest BCUT2D eigenvalue weighted by Crippen LogP contribution is 2.36. The molecular formula is C11H9Cl2NO2S. The van der Waals surface area contributed by atoms with Crippen LogP contribution in [0.15, 0.2) is 18.2 Å². The molecule has 90 valence electrons. The fourth-order valence-corrected chi connectivity index (χ4v) is 2.91. The van der Waals surface area contributed by atoms with Gasteiger partial charge in [-0.1, -0.05) is 29.3 Å². The highest BCUT2D eigenvalue weighted by molar-refractivity contribution is 8.01. The first kappa shape index (κ1) is 12.7. The Morgan fingerprint density at radius 1 is 1.29 bits per heavy atom. The molecule has 1 saturated heterocycles. The van der Waals surface area contributed by atoms with Crippen molar-refractivity contribution in [3.8, 4) is 0 Å². The van der Waals surface area contributed by atoms with Gasteiger partial charge in [-0.2, -0.15) is 0 Å². The number of carbonyl (C=O) groups excluding carboxylic acids is 2. The lowest BCUT2D eigenvalue weighted by Crippen LogP contribution is -2.47. The number of amides is 2. The largest absolute Gasteiger partial charge is 0.273 e. The molecule has 2 rings (SSSR count). The predicted octanol–water partition coefficient (Wildman–Crippen LogP) is 2.99. The zero-order chi connectivity index (χ0) is 12.6. The normalized spacial score (nSPS) is 20.9. The molecule has 1 aromatic rings. The molecule has 1 heterocycles. The minimum absolute atomic E-state index is 0.258. The smallest absolute Gasteiger partial charge is 0.246 e. The summed E-state index contributed by atoms with van der Waals surface area (Å²) in [4.78, 5) is 24.9. The Kier molecular flexibility index (Phi) is 3.66. The molecule has 1 aliphatic rings. The van der Waals surface area contributed by atoms with Crippen LogP contribution in [0, 0.1) is 0 Å². The van der Waals surface area contributed by atoms with E-state index < -0.39 is 0 Å². The molecular weight excluding hydrogens is 281 g/mol. The molecule has 0 N–H and O–H groups in total. The van der Waals surface area contributed by atoms with Gasteiger partial charge in [-0.25, -0.2) is 4.90 Å². The summed E-state index contributed by atoms with van der Waals surface area (Å²) < 4.78 is 0. The van der Waals surface area contributed by atoms with Gasteiger partial charge in [0.15, 0.2) is 0 Å². The Bertz CT molecular complexity index is 472. The van der Waals surface area contributed by atoms with E-state index in [1.165, 1.54) is 11.8 Å². The van der Waals surface area contributed by atoms with E-state index >= 15 is 0 Å². The maximum Gasteiger partial charge on any atom is 0.246 e. The van der Waals surface area contributed by atoms with Gasteiger partial charge in [-0.05, 0) is 19.1 Å². The fraction of sp³-hybridized carbons (Fsp3) is 0.273. The van der Waals surface area contributed by atoms with Crippen molar-refractivity contribution in [1.82, 2.24) is 0 Å². The maximum absolute atomic E-state index is 12.0. The third-order valence-electron chi connectivity index (χ3n) is 2.44. The first-order valence-electron chi connectivity index (χ1n) is 4.95. The van der Waals surface area contributed by atoms with Gasteiger partial charge in [0.2, 0.25) is 11.8 Å². The molecule has 0 aliphatic carbocycles. The molecule has 2 amide bonds. The van der Waals surface area contributed by atoms with E-state index in [2.05, 4.69) is 0 Å². The van der Waals surface area contributed by atoms with Crippen LogP contribution in [-0.4, -0.2) is 22.8 Å². The topological polar surface area (TPSA) is 37.4 Å². The van der Waals surface area contributed by atoms with Crippen molar-refractivity contribution in [1.29, 1.82) is 0 Å². The molecule has 0 unspecified atom stereocenters. The van der Waals surface area contributed by atoms with Crippen LogP contribution >= 0.6 is 35.0 Å². The monoisotopic (exact) mass is 289 g/mol. The summed E-state index contributed by atoms with van der Waals surface area (Å²) >= 11 is 13.3. The Balaban J connectivity index is 2.50. The first-order chi connectivity index (χ1) is 8.02. The van der Waals surface area contributed by atoms with Crippen molar-refractivity contribution >= 4 is 52.5 Å². The Labute approximate surface area is 113 Å². The van der Waals surface area contributed by atoms with Gasteiger partial charge in [-0.3, -0.25) is 9.59 Å². The number of hydrogen-bond acceptors (Lipinski definition) is 3. The second-order valence-electron chi connectivity index (χ2n) is 3.59. The van der Waals surface area contributed by atoms with Gasteiger partial charge in [0, 0.05) is 0 Å². The molecule has 0 aromatic heterocycles. The molecule has 17 heavy (non-hydrogen) atoms. The number of hydrogen-bond donors (Lipinski definition) is 0. The number of benzene rings is 1. The Hall–Kier alpha value is -0.710. The zero-order valence-electron chi connectivity index (χ0n) is 8.94. The molecule has 1 aliphatic heterocycles. The third kappa shape index (κ3) is 2.30. The summed E-state index contributed by atoms with van der Waals surface area (Å²) in [6, 6.07) is 4.89. The summed E-state index contributed by atoms with van der Waals surface area (Å²) in [5.74, 6) is -0.302. The van der Waals surface area contributed by atoms with Crippen molar-refractivity contribution in [2.75, 3.05) is 10.7 Å². The van der Waals surface area contributed by atoms with Crippen LogP contribution in [0.4, 0.5) is 5.69 Å². The number of imide groups is 1. The Morgan fingerprint density at radius 2 is 1.88 bits per heavy atom. The van der Waals surface area contributed by atoms with Gasteiger partial charge in [-0.15, -0.1) is 11.8 Å². The van der Waals surface area contributed by atoms with E-state index in [0.29, 0.717) is 10.0 Å². The van der Waals surface area contributed by atoms with Gasteiger partial charge in [0.1, 0.15) is 0 Å². The minimum Gasteiger partial charge on any atom is -0.273 e. The molecule has 0 spiro atoms. The molecule has 6 heteroatoms. The van der Waals surface area contributed by atoms with Crippen LogP contribution in [0.2, 0.25) is 10.0 Å². The number of nitrogens with zero attached hydrogens (tertiary/aromatic N) is 1.